The third-order valence-electron chi connectivity index (χ3n) is 7.50. The van der Waals surface area contributed by atoms with E-state index in [-0.39, 0.29) is 6.04 Å². The smallest absolute Gasteiger partial charge is 0.223 e. The van der Waals surface area contributed by atoms with Crippen LogP contribution < -0.4 is 4.90 Å². The molecule has 6 heteroatoms. The summed E-state index contributed by atoms with van der Waals surface area (Å²) in [5.41, 5.74) is 3.39. The number of carbonyl (C=O) groups excluding carboxylic acids is 1. The Morgan fingerprint density at radius 2 is 1.88 bits per heavy atom. The summed E-state index contributed by atoms with van der Waals surface area (Å²) in [4.78, 5) is 32.4. The van der Waals surface area contributed by atoms with Crippen molar-refractivity contribution in [1.82, 2.24) is 19.9 Å². The molecule has 0 N–H and O–H groups in total. The minimum atomic E-state index is 0.0141. The van der Waals surface area contributed by atoms with Gasteiger partial charge in [0.25, 0.3) is 0 Å². The second-order valence-electron chi connectivity index (χ2n) is 9.77. The van der Waals surface area contributed by atoms with Gasteiger partial charge in [0.1, 0.15) is 5.82 Å². The van der Waals surface area contributed by atoms with Gasteiger partial charge in [0.2, 0.25) is 5.91 Å². The Hall–Kier alpha value is -2.50. The molecule has 0 radical (unpaired) electrons. The van der Waals surface area contributed by atoms with Crippen molar-refractivity contribution >= 4 is 11.7 Å². The van der Waals surface area contributed by atoms with Gasteiger partial charge in [-0.1, -0.05) is 18.9 Å². The van der Waals surface area contributed by atoms with Crippen molar-refractivity contribution in [2.24, 2.45) is 5.92 Å². The van der Waals surface area contributed by atoms with Crippen LogP contribution in [0.15, 0.2) is 24.4 Å². The van der Waals surface area contributed by atoms with E-state index in [0.717, 1.165) is 74.8 Å². The lowest BCUT2D eigenvalue weighted by atomic mass is 9.97. The van der Waals surface area contributed by atoms with Gasteiger partial charge in [-0.25, -0.2) is 9.97 Å². The molecule has 6 nitrogen and oxygen atoms in total. The number of nitrogens with zero attached hydrogens (tertiary/aromatic N) is 5. The van der Waals surface area contributed by atoms with Gasteiger partial charge in [0.15, 0.2) is 5.82 Å². The van der Waals surface area contributed by atoms with Crippen LogP contribution in [-0.2, 0) is 17.8 Å². The summed E-state index contributed by atoms with van der Waals surface area (Å²) in [7, 11) is 0. The maximum absolute atomic E-state index is 13.3. The third kappa shape index (κ3) is 4.50. The summed E-state index contributed by atoms with van der Waals surface area (Å²) in [6.45, 7) is 4.70. The number of hydrogen-bond acceptors (Lipinski definition) is 5. The maximum Gasteiger partial charge on any atom is 0.223 e. The lowest BCUT2D eigenvalue weighted by Gasteiger charge is -2.37. The molecule has 0 bridgehead atoms. The number of likely N-dealkylation sites (tertiary alicyclic amines) is 1. The molecule has 3 aliphatic rings. The highest BCUT2D eigenvalue weighted by molar-refractivity contribution is 5.77. The minimum Gasteiger partial charge on any atom is -0.350 e. The Balaban J connectivity index is 1.41. The van der Waals surface area contributed by atoms with Crippen molar-refractivity contribution in [3.63, 3.8) is 0 Å². The van der Waals surface area contributed by atoms with Crippen LogP contribution in [0.25, 0.3) is 0 Å². The zero-order valence-electron chi connectivity index (χ0n) is 19.3. The molecular weight excluding hydrogens is 398 g/mol. The third-order valence-corrected chi connectivity index (χ3v) is 7.50. The van der Waals surface area contributed by atoms with E-state index in [9.17, 15) is 4.79 Å². The summed E-state index contributed by atoms with van der Waals surface area (Å²) in [6, 6.07) is 6.09. The molecule has 0 spiro atoms. The Labute approximate surface area is 191 Å². The first kappa shape index (κ1) is 21.4. The van der Waals surface area contributed by atoms with Crippen LogP contribution in [0.5, 0.6) is 0 Å². The van der Waals surface area contributed by atoms with Crippen LogP contribution in [0.2, 0.25) is 0 Å². The molecule has 2 aliphatic heterocycles. The Morgan fingerprint density at radius 1 is 1.03 bits per heavy atom. The van der Waals surface area contributed by atoms with E-state index in [1.54, 1.807) is 0 Å². The molecule has 2 aromatic heterocycles. The molecule has 5 rings (SSSR count). The fourth-order valence-corrected chi connectivity index (χ4v) is 5.78. The topological polar surface area (TPSA) is 62.2 Å². The van der Waals surface area contributed by atoms with E-state index in [0.29, 0.717) is 18.2 Å². The monoisotopic (exact) mass is 433 g/mol. The molecule has 2 fully saturated rings. The van der Waals surface area contributed by atoms with Gasteiger partial charge in [0.05, 0.1) is 18.3 Å². The molecule has 32 heavy (non-hydrogen) atoms. The van der Waals surface area contributed by atoms with E-state index in [4.69, 9.17) is 9.97 Å². The largest absolute Gasteiger partial charge is 0.350 e. The number of fused-ring (bicyclic) bond motifs is 1. The zero-order valence-corrected chi connectivity index (χ0v) is 19.3. The number of carbonyl (C=O) groups is 1. The van der Waals surface area contributed by atoms with Gasteiger partial charge >= 0.3 is 0 Å². The fourth-order valence-electron chi connectivity index (χ4n) is 5.78. The average molecular weight is 434 g/mol. The molecule has 4 heterocycles. The Morgan fingerprint density at radius 3 is 2.69 bits per heavy atom. The molecular formula is C26H35N5O. The number of amides is 1. The number of anilines is 1. The Bertz CT molecular complexity index is 941. The molecule has 1 saturated heterocycles. The van der Waals surface area contributed by atoms with Crippen molar-refractivity contribution in [2.75, 3.05) is 18.0 Å². The predicted octanol–water partition coefficient (Wildman–Crippen LogP) is 4.77. The summed E-state index contributed by atoms with van der Waals surface area (Å²) in [5.74, 6) is 2.78. The van der Waals surface area contributed by atoms with Crippen molar-refractivity contribution in [3.05, 3.63) is 47.2 Å². The number of aromatic nitrogens is 3. The lowest BCUT2D eigenvalue weighted by molar-refractivity contribution is -0.136. The number of piperidine rings is 1. The fraction of sp³-hybridized carbons (Fsp3) is 0.615. The van der Waals surface area contributed by atoms with Gasteiger partial charge in [0, 0.05) is 37.0 Å². The molecule has 1 aliphatic carbocycles. The number of pyridine rings is 1. The van der Waals surface area contributed by atoms with E-state index in [1.807, 2.05) is 18.3 Å². The van der Waals surface area contributed by atoms with Crippen molar-refractivity contribution in [2.45, 2.75) is 83.7 Å². The van der Waals surface area contributed by atoms with Crippen LogP contribution in [0.4, 0.5) is 5.82 Å². The molecule has 0 aromatic carbocycles. The number of aryl methyl sites for hydroxylation is 1. The molecule has 2 aromatic rings. The number of rotatable bonds is 5. The van der Waals surface area contributed by atoms with Crippen molar-refractivity contribution in [1.29, 1.82) is 0 Å². The molecule has 1 amide bonds. The first-order chi connectivity index (χ1) is 15.7. The normalized spacial score (nSPS) is 21.6. The van der Waals surface area contributed by atoms with Crippen LogP contribution >= 0.6 is 0 Å². The highest BCUT2D eigenvalue weighted by Crippen LogP contribution is 2.36. The summed E-state index contributed by atoms with van der Waals surface area (Å²) in [5, 5.41) is 0. The highest BCUT2D eigenvalue weighted by Gasteiger charge is 2.33. The van der Waals surface area contributed by atoms with E-state index >= 15 is 0 Å². The van der Waals surface area contributed by atoms with Crippen LogP contribution in [0.3, 0.4) is 0 Å². The summed E-state index contributed by atoms with van der Waals surface area (Å²) >= 11 is 0. The van der Waals surface area contributed by atoms with Gasteiger partial charge in [-0.05, 0) is 69.9 Å². The number of hydrogen-bond donors (Lipinski definition) is 0. The van der Waals surface area contributed by atoms with Crippen LogP contribution in [0.1, 0.15) is 86.6 Å². The molecule has 1 atom stereocenters. The quantitative estimate of drug-likeness (QED) is 0.680. The highest BCUT2D eigenvalue weighted by atomic mass is 16.2. The van der Waals surface area contributed by atoms with Crippen LogP contribution in [0, 0.1) is 12.8 Å². The molecule has 170 valence electrons. The molecule has 1 saturated carbocycles. The zero-order chi connectivity index (χ0) is 21.9. The first-order valence-electron chi connectivity index (χ1n) is 12.5. The van der Waals surface area contributed by atoms with Crippen molar-refractivity contribution in [3.8, 4) is 0 Å². The van der Waals surface area contributed by atoms with Gasteiger partial charge in [-0.3, -0.25) is 9.78 Å². The van der Waals surface area contributed by atoms with Gasteiger partial charge in [-0.2, -0.15) is 0 Å². The van der Waals surface area contributed by atoms with Crippen molar-refractivity contribution < 1.29 is 4.79 Å². The Kier molecular flexibility index (Phi) is 6.37. The molecule has 1 unspecified atom stereocenters. The maximum atomic E-state index is 13.3. The van der Waals surface area contributed by atoms with E-state index in [1.165, 1.54) is 31.2 Å². The van der Waals surface area contributed by atoms with Gasteiger partial charge < -0.3 is 9.80 Å². The second kappa shape index (κ2) is 9.55. The second-order valence-corrected chi connectivity index (χ2v) is 9.77. The minimum absolute atomic E-state index is 0.0141. The standard InChI is InChI=1S/C26H35N5O/c1-19-22-12-8-15-30(18-21-11-4-6-14-27-21)26(22)29-25(28-19)23-13-5-7-16-31(23)24(32)17-20-9-2-3-10-20/h4,6,11,14,20,23H,2-3,5,7-10,12-13,15-18H2,1H3. The average Bonchev–Trinajstić information content (AvgIpc) is 3.33. The van der Waals surface area contributed by atoms with E-state index in [2.05, 4.69) is 27.8 Å². The SMILES string of the molecule is Cc1nc(C2CCCCN2C(=O)CC2CCCC2)nc2c1CCCN2Cc1ccccn1. The van der Waals surface area contributed by atoms with E-state index < -0.39 is 0 Å². The summed E-state index contributed by atoms with van der Waals surface area (Å²) in [6.07, 6.45) is 12.9. The predicted molar refractivity (Wildman–Crippen MR) is 125 cm³/mol. The first-order valence-corrected chi connectivity index (χ1v) is 12.5. The lowest BCUT2D eigenvalue weighted by Crippen LogP contribution is -2.40. The summed E-state index contributed by atoms with van der Waals surface area (Å²) < 4.78 is 0. The van der Waals surface area contributed by atoms with Crippen LogP contribution in [-0.4, -0.2) is 38.8 Å². The van der Waals surface area contributed by atoms with Gasteiger partial charge in [-0.15, -0.1) is 0 Å².